The second-order valence-electron chi connectivity index (χ2n) is 7.65. The standard InChI is InChI=1S/C25H24N4O3/c1-16-12-17-6-7-21(15-19(17)13-16)32-24-10-11-27-25(29-24)28-20-5-3-4-18(14-20)22(30)8-9-23(31)26-2/h3-7,10-11,13-15H,8-9,12H2,1-2H3,(H,26,31)(H,27,28,29). The Hall–Kier alpha value is -4.00. The van der Waals surface area contributed by atoms with Crippen molar-refractivity contribution in [1.82, 2.24) is 15.3 Å². The average molecular weight is 428 g/mol. The first kappa shape index (κ1) is 21.2. The van der Waals surface area contributed by atoms with Gasteiger partial charge in [0.1, 0.15) is 5.75 Å². The third-order valence-electron chi connectivity index (χ3n) is 5.14. The molecule has 0 saturated heterocycles. The third-order valence-corrected chi connectivity index (χ3v) is 5.14. The van der Waals surface area contributed by atoms with Crippen LogP contribution in [0.1, 0.15) is 41.3 Å². The number of fused-ring (bicyclic) bond motifs is 1. The van der Waals surface area contributed by atoms with E-state index in [1.54, 1.807) is 37.5 Å². The van der Waals surface area contributed by atoms with E-state index in [2.05, 4.69) is 39.7 Å². The van der Waals surface area contributed by atoms with Gasteiger partial charge in [-0.2, -0.15) is 4.98 Å². The van der Waals surface area contributed by atoms with Crippen LogP contribution in [0.3, 0.4) is 0 Å². The van der Waals surface area contributed by atoms with Crippen LogP contribution in [0.15, 0.2) is 60.3 Å². The van der Waals surface area contributed by atoms with E-state index in [-0.39, 0.29) is 24.5 Å². The molecule has 1 aliphatic carbocycles. The minimum atomic E-state index is -0.160. The molecule has 0 spiro atoms. The molecule has 4 rings (SSSR count). The van der Waals surface area contributed by atoms with Crippen molar-refractivity contribution in [3.8, 4) is 11.6 Å². The van der Waals surface area contributed by atoms with Gasteiger partial charge in [-0.05, 0) is 48.7 Å². The largest absolute Gasteiger partial charge is 0.439 e. The monoisotopic (exact) mass is 428 g/mol. The number of carbonyl (C=O) groups is 2. The molecule has 1 aliphatic rings. The molecule has 0 bridgehead atoms. The van der Waals surface area contributed by atoms with Gasteiger partial charge in [-0.25, -0.2) is 4.98 Å². The zero-order valence-electron chi connectivity index (χ0n) is 18.0. The van der Waals surface area contributed by atoms with Gasteiger partial charge < -0.3 is 15.4 Å². The van der Waals surface area contributed by atoms with Crippen molar-refractivity contribution < 1.29 is 14.3 Å². The van der Waals surface area contributed by atoms with Gasteiger partial charge in [-0.15, -0.1) is 0 Å². The fourth-order valence-corrected chi connectivity index (χ4v) is 3.52. The Morgan fingerprint density at radius 3 is 2.81 bits per heavy atom. The Labute approximate surface area is 186 Å². The van der Waals surface area contributed by atoms with E-state index in [4.69, 9.17) is 4.74 Å². The summed E-state index contributed by atoms with van der Waals surface area (Å²) in [5.74, 6) is 1.22. The molecule has 1 heterocycles. The first-order valence-electron chi connectivity index (χ1n) is 10.4. The number of rotatable bonds is 8. The predicted molar refractivity (Wildman–Crippen MR) is 123 cm³/mol. The van der Waals surface area contributed by atoms with Crippen LogP contribution in [-0.2, 0) is 11.2 Å². The number of ketones is 1. The molecule has 1 aromatic heterocycles. The molecule has 0 fully saturated rings. The van der Waals surface area contributed by atoms with Gasteiger partial charge >= 0.3 is 0 Å². The van der Waals surface area contributed by atoms with E-state index in [1.165, 1.54) is 16.7 Å². The Morgan fingerprint density at radius 2 is 1.97 bits per heavy atom. The summed E-state index contributed by atoms with van der Waals surface area (Å²) in [6.07, 6.45) is 5.06. The lowest BCUT2D eigenvalue weighted by Gasteiger charge is -2.09. The first-order chi connectivity index (χ1) is 15.5. The molecule has 0 atom stereocenters. The number of allylic oxidation sites excluding steroid dienone is 1. The number of anilines is 2. The van der Waals surface area contributed by atoms with E-state index >= 15 is 0 Å². The van der Waals surface area contributed by atoms with Crippen molar-refractivity contribution in [3.63, 3.8) is 0 Å². The van der Waals surface area contributed by atoms with Gasteiger partial charge in [0.15, 0.2) is 5.78 Å². The van der Waals surface area contributed by atoms with Gasteiger partial charge in [0.05, 0.1) is 0 Å². The van der Waals surface area contributed by atoms with E-state index in [0.29, 0.717) is 28.8 Å². The van der Waals surface area contributed by atoms with Gasteiger partial charge in [0, 0.05) is 43.4 Å². The van der Waals surface area contributed by atoms with Crippen LogP contribution in [0.2, 0.25) is 0 Å². The second-order valence-corrected chi connectivity index (χ2v) is 7.65. The molecule has 0 unspecified atom stereocenters. The molecule has 0 aliphatic heterocycles. The van der Waals surface area contributed by atoms with Crippen molar-refractivity contribution >= 4 is 29.4 Å². The highest BCUT2D eigenvalue weighted by Crippen LogP contribution is 2.30. The molecular formula is C25H24N4O3. The van der Waals surface area contributed by atoms with Gasteiger partial charge in [-0.3, -0.25) is 9.59 Å². The first-order valence-corrected chi connectivity index (χ1v) is 10.4. The quantitative estimate of drug-likeness (QED) is 0.506. The number of hydrogen-bond donors (Lipinski definition) is 2. The summed E-state index contributed by atoms with van der Waals surface area (Å²) in [4.78, 5) is 32.4. The maximum absolute atomic E-state index is 12.4. The van der Waals surface area contributed by atoms with Crippen LogP contribution in [-0.4, -0.2) is 28.7 Å². The number of amides is 1. The summed E-state index contributed by atoms with van der Waals surface area (Å²) in [6.45, 7) is 2.12. The maximum Gasteiger partial charge on any atom is 0.230 e. The average Bonchev–Trinajstić information content (AvgIpc) is 3.17. The zero-order chi connectivity index (χ0) is 22.5. The molecular weight excluding hydrogens is 404 g/mol. The fraction of sp³-hybridized carbons (Fsp3) is 0.200. The summed E-state index contributed by atoms with van der Waals surface area (Å²) in [5, 5.41) is 5.62. The Balaban J connectivity index is 1.44. The minimum Gasteiger partial charge on any atom is -0.439 e. The smallest absolute Gasteiger partial charge is 0.230 e. The van der Waals surface area contributed by atoms with Crippen molar-refractivity contribution in [3.05, 3.63) is 77.0 Å². The van der Waals surface area contributed by atoms with Crippen LogP contribution in [0.5, 0.6) is 11.6 Å². The third kappa shape index (κ3) is 5.18. The Kier molecular flexibility index (Phi) is 6.26. The molecule has 7 nitrogen and oxygen atoms in total. The van der Waals surface area contributed by atoms with Crippen molar-refractivity contribution in [2.45, 2.75) is 26.2 Å². The fourth-order valence-electron chi connectivity index (χ4n) is 3.52. The van der Waals surface area contributed by atoms with E-state index in [1.807, 2.05) is 18.2 Å². The number of carbonyl (C=O) groups excluding carboxylic acids is 2. The normalized spacial score (nSPS) is 12.0. The van der Waals surface area contributed by atoms with Crippen LogP contribution in [0.4, 0.5) is 11.6 Å². The van der Waals surface area contributed by atoms with Crippen molar-refractivity contribution in [1.29, 1.82) is 0 Å². The Morgan fingerprint density at radius 1 is 1.09 bits per heavy atom. The van der Waals surface area contributed by atoms with Crippen LogP contribution >= 0.6 is 0 Å². The van der Waals surface area contributed by atoms with Crippen molar-refractivity contribution in [2.24, 2.45) is 0 Å². The molecule has 3 aromatic rings. The molecule has 32 heavy (non-hydrogen) atoms. The molecule has 7 heteroatoms. The van der Waals surface area contributed by atoms with Crippen LogP contribution in [0.25, 0.3) is 6.08 Å². The van der Waals surface area contributed by atoms with E-state index < -0.39 is 0 Å². The summed E-state index contributed by atoms with van der Waals surface area (Å²) < 4.78 is 5.93. The summed E-state index contributed by atoms with van der Waals surface area (Å²) in [6, 6.07) is 14.8. The molecule has 2 N–H and O–H groups in total. The number of benzene rings is 2. The van der Waals surface area contributed by atoms with Crippen LogP contribution in [0, 0.1) is 0 Å². The molecule has 162 valence electrons. The second kappa shape index (κ2) is 9.43. The number of Topliss-reactive ketones (excluding diaryl/α,β-unsaturated/α-hetero) is 1. The summed E-state index contributed by atoms with van der Waals surface area (Å²) in [7, 11) is 1.55. The van der Waals surface area contributed by atoms with Crippen molar-refractivity contribution in [2.75, 3.05) is 12.4 Å². The highest BCUT2D eigenvalue weighted by molar-refractivity contribution is 5.98. The summed E-state index contributed by atoms with van der Waals surface area (Å²) in [5.41, 5.74) is 4.99. The summed E-state index contributed by atoms with van der Waals surface area (Å²) >= 11 is 0. The lowest BCUT2D eigenvalue weighted by atomic mass is 10.1. The maximum atomic E-state index is 12.4. The number of nitrogens with one attached hydrogen (secondary N) is 2. The zero-order valence-corrected chi connectivity index (χ0v) is 18.0. The predicted octanol–water partition coefficient (Wildman–Crippen LogP) is 4.68. The molecule has 2 aromatic carbocycles. The minimum absolute atomic E-state index is 0.101. The lowest BCUT2D eigenvalue weighted by molar-refractivity contribution is -0.120. The number of aromatic nitrogens is 2. The van der Waals surface area contributed by atoms with Gasteiger partial charge in [0.25, 0.3) is 0 Å². The van der Waals surface area contributed by atoms with Gasteiger partial charge in [-0.1, -0.05) is 29.8 Å². The van der Waals surface area contributed by atoms with E-state index in [9.17, 15) is 9.59 Å². The lowest BCUT2D eigenvalue weighted by Crippen LogP contribution is -2.18. The number of nitrogens with zero attached hydrogens (tertiary/aromatic N) is 2. The topological polar surface area (TPSA) is 93.2 Å². The SMILES string of the molecule is CNC(=O)CCC(=O)c1cccc(Nc2nccc(Oc3ccc4c(c3)C=C(C)C4)n2)c1. The highest BCUT2D eigenvalue weighted by Gasteiger charge is 2.12. The van der Waals surface area contributed by atoms with E-state index in [0.717, 1.165) is 6.42 Å². The number of ether oxygens (including phenoxy) is 1. The Bertz CT molecular complexity index is 1200. The number of hydrogen-bond acceptors (Lipinski definition) is 6. The molecule has 0 saturated carbocycles. The van der Waals surface area contributed by atoms with Crippen LogP contribution < -0.4 is 15.4 Å². The molecule has 0 radical (unpaired) electrons. The highest BCUT2D eigenvalue weighted by atomic mass is 16.5. The van der Waals surface area contributed by atoms with Gasteiger partial charge in [0.2, 0.25) is 17.7 Å². The molecule has 1 amide bonds.